The molecule has 1 fully saturated rings. The van der Waals surface area contributed by atoms with Crippen LogP contribution < -0.4 is 5.32 Å². The van der Waals surface area contributed by atoms with E-state index >= 15 is 0 Å². The maximum absolute atomic E-state index is 13.8. The lowest BCUT2D eigenvalue weighted by atomic mass is 10.00. The summed E-state index contributed by atoms with van der Waals surface area (Å²) in [5.41, 5.74) is 2.75. The van der Waals surface area contributed by atoms with Crippen molar-refractivity contribution in [2.24, 2.45) is 0 Å². The van der Waals surface area contributed by atoms with Gasteiger partial charge in [-0.25, -0.2) is 4.39 Å². The molecule has 1 aliphatic heterocycles. The predicted molar refractivity (Wildman–Crippen MR) is 76.8 cm³/mol. The first-order chi connectivity index (χ1) is 9.24. The summed E-state index contributed by atoms with van der Waals surface area (Å²) in [6.45, 7) is 1.08. The fourth-order valence-electron chi connectivity index (χ4n) is 2.59. The summed E-state index contributed by atoms with van der Waals surface area (Å²) in [6.07, 6.45) is 2.40. The third-order valence-electron chi connectivity index (χ3n) is 3.62. The Morgan fingerprint density at radius 1 is 1.11 bits per heavy atom. The van der Waals surface area contributed by atoms with E-state index in [2.05, 4.69) is 17.4 Å². The van der Waals surface area contributed by atoms with Gasteiger partial charge in [0.05, 0.1) is 0 Å². The molecule has 0 amide bonds. The van der Waals surface area contributed by atoms with Gasteiger partial charge in [-0.2, -0.15) is 0 Å². The van der Waals surface area contributed by atoms with Gasteiger partial charge in [0.25, 0.3) is 0 Å². The summed E-state index contributed by atoms with van der Waals surface area (Å²) < 4.78 is 13.8. The molecule has 2 aromatic carbocycles. The number of benzene rings is 2. The first-order valence-corrected chi connectivity index (χ1v) is 6.90. The maximum atomic E-state index is 13.8. The third kappa shape index (κ3) is 2.65. The lowest BCUT2D eigenvalue weighted by molar-refractivity contribution is 0.631. The van der Waals surface area contributed by atoms with E-state index in [1.54, 1.807) is 12.1 Å². The van der Waals surface area contributed by atoms with Gasteiger partial charge < -0.3 is 5.32 Å². The average Bonchev–Trinajstić information content (AvgIpc) is 2.93. The molecule has 98 valence electrons. The molecule has 0 spiro atoms. The van der Waals surface area contributed by atoms with Crippen LogP contribution in [0.3, 0.4) is 0 Å². The van der Waals surface area contributed by atoms with Gasteiger partial charge >= 0.3 is 0 Å². The Morgan fingerprint density at radius 3 is 2.53 bits per heavy atom. The van der Waals surface area contributed by atoms with Crippen LogP contribution in [-0.4, -0.2) is 6.54 Å². The molecule has 0 radical (unpaired) electrons. The van der Waals surface area contributed by atoms with Crippen molar-refractivity contribution in [3.63, 3.8) is 0 Å². The highest BCUT2D eigenvalue weighted by Crippen LogP contribution is 2.28. The van der Waals surface area contributed by atoms with E-state index < -0.39 is 0 Å². The molecule has 1 atom stereocenters. The van der Waals surface area contributed by atoms with Gasteiger partial charge in [0.15, 0.2) is 0 Å². The van der Waals surface area contributed by atoms with Crippen LogP contribution in [0.15, 0.2) is 42.5 Å². The van der Waals surface area contributed by atoms with Gasteiger partial charge in [-0.1, -0.05) is 35.9 Å². The van der Waals surface area contributed by atoms with Gasteiger partial charge in [-0.05, 0) is 48.7 Å². The number of halogens is 2. The van der Waals surface area contributed by atoms with E-state index in [0.717, 1.165) is 12.1 Å². The minimum Gasteiger partial charge on any atom is -0.310 e. The molecular weight excluding hydrogens is 261 g/mol. The minimum atomic E-state index is -0.278. The number of hydrogen-bond acceptors (Lipinski definition) is 1. The largest absolute Gasteiger partial charge is 0.310 e. The topological polar surface area (TPSA) is 12.0 Å². The molecule has 0 bridgehead atoms. The van der Waals surface area contributed by atoms with Crippen molar-refractivity contribution < 1.29 is 4.39 Å². The molecule has 1 unspecified atom stereocenters. The van der Waals surface area contributed by atoms with Crippen LogP contribution in [0.1, 0.15) is 24.4 Å². The Labute approximate surface area is 117 Å². The van der Waals surface area contributed by atoms with Crippen LogP contribution in [0.4, 0.5) is 4.39 Å². The lowest BCUT2D eigenvalue weighted by Gasteiger charge is -2.11. The van der Waals surface area contributed by atoms with E-state index in [-0.39, 0.29) is 5.82 Å². The molecule has 1 saturated heterocycles. The van der Waals surface area contributed by atoms with Crippen molar-refractivity contribution in [2.45, 2.75) is 18.9 Å². The SMILES string of the molecule is Fc1cc(Cl)ccc1-c1ccc(C2CCCN2)cc1. The highest BCUT2D eigenvalue weighted by atomic mass is 35.5. The monoisotopic (exact) mass is 275 g/mol. The van der Waals surface area contributed by atoms with Gasteiger partial charge in [0.2, 0.25) is 0 Å². The molecule has 0 aliphatic carbocycles. The minimum absolute atomic E-state index is 0.278. The Bertz CT molecular complexity index is 574. The summed E-state index contributed by atoms with van der Waals surface area (Å²) in [4.78, 5) is 0. The zero-order valence-corrected chi connectivity index (χ0v) is 11.3. The zero-order chi connectivity index (χ0) is 13.2. The second kappa shape index (κ2) is 5.32. The normalized spacial score (nSPS) is 18.7. The molecule has 3 rings (SSSR count). The van der Waals surface area contributed by atoms with Crippen LogP contribution in [-0.2, 0) is 0 Å². The maximum Gasteiger partial charge on any atom is 0.132 e. The average molecular weight is 276 g/mol. The van der Waals surface area contributed by atoms with Crippen molar-refractivity contribution in [3.8, 4) is 11.1 Å². The first kappa shape index (κ1) is 12.6. The van der Waals surface area contributed by atoms with E-state index in [1.807, 2.05) is 12.1 Å². The fourth-order valence-corrected chi connectivity index (χ4v) is 2.75. The molecule has 2 aromatic rings. The summed E-state index contributed by atoms with van der Waals surface area (Å²) in [7, 11) is 0. The van der Waals surface area contributed by atoms with Crippen molar-refractivity contribution in [1.29, 1.82) is 0 Å². The highest BCUT2D eigenvalue weighted by Gasteiger charge is 2.16. The third-order valence-corrected chi connectivity index (χ3v) is 3.85. The number of nitrogens with one attached hydrogen (secondary N) is 1. The molecule has 1 heterocycles. The van der Waals surface area contributed by atoms with Gasteiger partial charge in [0.1, 0.15) is 5.82 Å². The zero-order valence-electron chi connectivity index (χ0n) is 10.5. The summed E-state index contributed by atoms with van der Waals surface area (Å²) in [5, 5.41) is 3.88. The van der Waals surface area contributed by atoms with Crippen molar-refractivity contribution in [2.75, 3.05) is 6.54 Å². The van der Waals surface area contributed by atoms with E-state index in [0.29, 0.717) is 16.6 Å². The molecular formula is C16H15ClFN. The van der Waals surface area contributed by atoms with Crippen LogP contribution in [0.25, 0.3) is 11.1 Å². The molecule has 0 saturated carbocycles. The van der Waals surface area contributed by atoms with Gasteiger partial charge in [0, 0.05) is 16.6 Å². The summed E-state index contributed by atoms with van der Waals surface area (Å²) in [6, 6.07) is 13.3. The lowest BCUT2D eigenvalue weighted by Crippen LogP contribution is -2.12. The quantitative estimate of drug-likeness (QED) is 0.846. The van der Waals surface area contributed by atoms with Gasteiger partial charge in [-0.3, -0.25) is 0 Å². The van der Waals surface area contributed by atoms with E-state index in [1.165, 1.54) is 24.5 Å². The Morgan fingerprint density at radius 2 is 1.89 bits per heavy atom. The van der Waals surface area contributed by atoms with Crippen LogP contribution in [0, 0.1) is 5.82 Å². The molecule has 1 N–H and O–H groups in total. The van der Waals surface area contributed by atoms with E-state index in [4.69, 9.17) is 11.6 Å². The smallest absolute Gasteiger partial charge is 0.132 e. The first-order valence-electron chi connectivity index (χ1n) is 6.53. The summed E-state index contributed by atoms with van der Waals surface area (Å²) >= 11 is 5.77. The Hall–Kier alpha value is -1.38. The second-order valence-corrected chi connectivity index (χ2v) is 5.33. The molecule has 19 heavy (non-hydrogen) atoms. The fraction of sp³-hybridized carbons (Fsp3) is 0.250. The van der Waals surface area contributed by atoms with Crippen molar-refractivity contribution in [1.82, 2.24) is 5.32 Å². The molecule has 1 nitrogen and oxygen atoms in total. The van der Waals surface area contributed by atoms with Crippen molar-refractivity contribution in [3.05, 3.63) is 58.9 Å². The number of hydrogen-bond donors (Lipinski definition) is 1. The Kier molecular flexibility index (Phi) is 3.54. The standard InChI is InChI=1S/C16H15ClFN/c17-13-7-8-14(15(18)10-13)11-3-5-12(6-4-11)16-2-1-9-19-16/h3-8,10,16,19H,1-2,9H2. The van der Waals surface area contributed by atoms with Gasteiger partial charge in [-0.15, -0.1) is 0 Å². The van der Waals surface area contributed by atoms with Crippen LogP contribution >= 0.6 is 11.6 Å². The Balaban J connectivity index is 1.89. The highest BCUT2D eigenvalue weighted by molar-refractivity contribution is 6.30. The van der Waals surface area contributed by atoms with Crippen LogP contribution in [0.2, 0.25) is 5.02 Å². The molecule has 0 aromatic heterocycles. The van der Waals surface area contributed by atoms with E-state index in [9.17, 15) is 4.39 Å². The molecule has 1 aliphatic rings. The summed E-state index contributed by atoms with van der Waals surface area (Å²) in [5.74, 6) is -0.278. The number of rotatable bonds is 2. The molecule has 3 heteroatoms. The second-order valence-electron chi connectivity index (χ2n) is 4.90. The predicted octanol–water partition coefficient (Wildman–Crippen LogP) is 4.57. The van der Waals surface area contributed by atoms with Crippen LogP contribution in [0.5, 0.6) is 0 Å². The van der Waals surface area contributed by atoms with Crippen molar-refractivity contribution >= 4 is 11.6 Å².